The number of hydrogen-bond donors (Lipinski definition) is 1. The first-order chi connectivity index (χ1) is 6.24. The minimum absolute atomic E-state index is 0.655. The van der Waals surface area contributed by atoms with E-state index in [1.54, 1.807) is 0 Å². The molecule has 0 aliphatic rings. The maximum absolute atomic E-state index is 10.8. The minimum Gasteiger partial charge on any atom is -0.349 e. The van der Waals surface area contributed by atoms with Gasteiger partial charge >= 0.3 is 0 Å². The normalized spacial score (nSPS) is 10.6. The van der Waals surface area contributed by atoms with Crippen LogP contribution in [0.3, 0.4) is 0 Å². The molecule has 2 nitrogen and oxygen atoms in total. The van der Waals surface area contributed by atoms with Gasteiger partial charge in [-0.3, -0.25) is 4.79 Å². The first kappa shape index (κ1) is 8.97. The highest BCUT2D eigenvalue weighted by Gasteiger charge is 2.10. The lowest BCUT2D eigenvalue weighted by Gasteiger charge is -1.93. The van der Waals surface area contributed by atoms with Gasteiger partial charge in [-0.25, -0.2) is 0 Å². The molecular formula is C9H5Br2NO. The molecule has 1 heterocycles. The second kappa shape index (κ2) is 3.27. The SMILES string of the molecule is O=Cc1c(Br)[nH]c2cccc(Br)c12. The second-order valence-electron chi connectivity index (χ2n) is 2.63. The molecule has 1 aromatic carbocycles. The number of carbonyl (C=O) groups is 1. The molecule has 0 radical (unpaired) electrons. The van der Waals surface area contributed by atoms with E-state index in [-0.39, 0.29) is 0 Å². The Labute approximate surface area is 91.6 Å². The number of aldehydes is 1. The summed E-state index contributed by atoms with van der Waals surface area (Å²) in [6.07, 6.45) is 0.841. The average molecular weight is 303 g/mol. The summed E-state index contributed by atoms with van der Waals surface area (Å²) >= 11 is 6.70. The van der Waals surface area contributed by atoms with Gasteiger partial charge in [0.05, 0.1) is 10.2 Å². The van der Waals surface area contributed by atoms with E-state index in [0.717, 1.165) is 26.3 Å². The van der Waals surface area contributed by atoms with Crippen LogP contribution in [-0.4, -0.2) is 11.3 Å². The minimum atomic E-state index is 0.655. The molecule has 2 rings (SSSR count). The summed E-state index contributed by atoms with van der Waals surface area (Å²) in [5, 5.41) is 0.921. The Balaban J connectivity index is 2.96. The molecule has 1 aromatic heterocycles. The maximum atomic E-state index is 10.8. The summed E-state index contributed by atoms with van der Waals surface area (Å²) in [4.78, 5) is 13.9. The van der Waals surface area contributed by atoms with E-state index in [1.165, 1.54) is 0 Å². The van der Waals surface area contributed by atoms with E-state index in [2.05, 4.69) is 36.8 Å². The Morgan fingerprint density at radius 1 is 1.31 bits per heavy atom. The van der Waals surface area contributed by atoms with Gasteiger partial charge in [0.25, 0.3) is 0 Å². The number of aromatic nitrogens is 1. The van der Waals surface area contributed by atoms with E-state index in [0.29, 0.717) is 5.56 Å². The average Bonchev–Trinajstić information content (AvgIpc) is 2.42. The molecule has 0 atom stereocenters. The van der Waals surface area contributed by atoms with Gasteiger partial charge in [0.1, 0.15) is 0 Å². The van der Waals surface area contributed by atoms with Crippen molar-refractivity contribution in [2.24, 2.45) is 0 Å². The van der Waals surface area contributed by atoms with Crippen LogP contribution >= 0.6 is 31.9 Å². The van der Waals surface area contributed by atoms with Crippen LogP contribution in [0.1, 0.15) is 10.4 Å². The Kier molecular flexibility index (Phi) is 2.26. The van der Waals surface area contributed by atoms with Crippen molar-refractivity contribution < 1.29 is 4.79 Å². The number of aromatic amines is 1. The van der Waals surface area contributed by atoms with Crippen LogP contribution in [0.5, 0.6) is 0 Å². The van der Waals surface area contributed by atoms with Crippen LogP contribution in [-0.2, 0) is 0 Å². The lowest BCUT2D eigenvalue weighted by Crippen LogP contribution is -1.77. The second-order valence-corrected chi connectivity index (χ2v) is 4.28. The molecule has 0 spiro atoms. The third kappa shape index (κ3) is 1.34. The topological polar surface area (TPSA) is 32.9 Å². The van der Waals surface area contributed by atoms with Crippen molar-refractivity contribution in [2.45, 2.75) is 0 Å². The van der Waals surface area contributed by atoms with Gasteiger partial charge in [-0.1, -0.05) is 22.0 Å². The van der Waals surface area contributed by atoms with Crippen LogP contribution in [0.4, 0.5) is 0 Å². The highest BCUT2D eigenvalue weighted by molar-refractivity contribution is 9.11. The Hall–Kier alpha value is -0.610. The molecule has 0 saturated carbocycles. The van der Waals surface area contributed by atoms with Gasteiger partial charge in [-0.15, -0.1) is 0 Å². The largest absolute Gasteiger partial charge is 0.349 e. The van der Waals surface area contributed by atoms with Crippen molar-refractivity contribution in [3.05, 3.63) is 32.8 Å². The van der Waals surface area contributed by atoms with Crippen LogP contribution in [0.2, 0.25) is 0 Å². The number of rotatable bonds is 1. The summed E-state index contributed by atoms with van der Waals surface area (Å²) in [5.41, 5.74) is 1.60. The van der Waals surface area contributed by atoms with E-state index in [1.807, 2.05) is 18.2 Å². The maximum Gasteiger partial charge on any atom is 0.153 e. The zero-order valence-electron chi connectivity index (χ0n) is 6.47. The molecule has 4 heteroatoms. The highest BCUT2D eigenvalue weighted by atomic mass is 79.9. The van der Waals surface area contributed by atoms with Crippen LogP contribution < -0.4 is 0 Å². The lowest BCUT2D eigenvalue weighted by molar-refractivity contribution is 0.112. The molecule has 0 bridgehead atoms. The number of nitrogens with one attached hydrogen (secondary N) is 1. The molecular weight excluding hydrogens is 298 g/mol. The summed E-state index contributed by atoms with van der Waals surface area (Å²) in [6, 6.07) is 5.76. The van der Waals surface area contributed by atoms with Crippen LogP contribution in [0.15, 0.2) is 27.3 Å². The molecule has 13 heavy (non-hydrogen) atoms. The summed E-state index contributed by atoms with van der Waals surface area (Å²) in [6.45, 7) is 0. The third-order valence-corrected chi connectivity index (χ3v) is 3.17. The van der Waals surface area contributed by atoms with Gasteiger partial charge in [0.15, 0.2) is 6.29 Å². The smallest absolute Gasteiger partial charge is 0.153 e. The van der Waals surface area contributed by atoms with Gasteiger partial charge in [0.2, 0.25) is 0 Å². The van der Waals surface area contributed by atoms with Crippen LogP contribution in [0, 0.1) is 0 Å². The van der Waals surface area contributed by atoms with Gasteiger partial charge in [-0.2, -0.15) is 0 Å². The number of hydrogen-bond acceptors (Lipinski definition) is 1. The van der Waals surface area contributed by atoms with E-state index in [4.69, 9.17) is 0 Å². The number of H-pyrrole nitrogens is 1. The lowest BCUT2D eigenvalue weighted by atomic mass is 10.2. The monoisotopic (exact) mass is 301 g/mol. The molecule has 2 aromatic rings. The Morgan fingerprint density at radius 2 is 2.08 bits per heavy atom. The zero-order valence-corrected chi connectivity index (χ0v) is 9.65. The standard InChI is InChI=1S/C9H5Br2NO/c10-6-2-1-3-7-8(6)5(4-13)9(11)12-7/h1-4,12H. The first-order valence-electron chi connectivity index (χ1n) is 3.65. The summed E-state index contributed by atoms with van der Waals surface area (Å²) < 4.78 is 1.65. The molecule has 0 unspecified atom stereocenters. The van der Waals surface area contributed by atoms with Crippen molar-refractivity contribution in [3.8, 4) is 0 Å². The van der Waals surface area contributed by atoms with Crippen molar-refractivity contribution in [3.63, 3.8) is 0 Å². The number of carbonyl (C=O) groups excluding carboxylic acids is 1. The first-order valence-corrected chi connectivity index (χ1v) is 5.23. The summed E-state index contributed by atoms with van der Waals surface area (Å²) in [7, 11) is 0. The zero-order chi connectivity index (χ0) is 9.42. The van der Waals surface area contributed by atoms with Crippen molar-refractivity contribution in [1.82, 2.24) is 4.98 Å². The molecule has 0 aliphatic heterocycles. The van der Waals surface area contributed by atoms with E-state index < -0.39 is 0 Å². The van der Waals surface area contributed by atoms with Crippen molar-refractivity contribution in [2.75, 3.05) is 0 Å². The molecule has 0 amide bonds. The van der Waals surface area contributed by atoms with Gasteiger partial charge in [0, 0.05) is 15.4 Å². The van der Waals surface area contributed by atoms with E-state index >= 15 is 0 Å². The Morgan fingerprint density at radius 3 is 2.77 bits per heavy atom. The fourth-order valence-corrected chi connectivity index (χ4v) is 2.39. The Bertz CT molecular complexity index is 476. The number of halogens is 2. The fraction of sp³-hybridized carbons (Fsp3) is 0. The number of fused-ring (bicyclic) bond motifs is 1. The van der Waals surface area contributed by atoms with Gasteiger partial charge in [-0.05, 0) is 28.1 Å². The van der Waals surface area contributed by atoms with Crippen LogP contribution in [0.25, 0.3) is 10.9 Å². The molecule has 0 aliphatic carbocycles. The van der Waals surface area contributed by atoms with Gasteiger partial charge < -0.3 is 4.98 Å². The summed E-state index contributed by atoms with van der Waals surface area (Å²) in [5.74, 6) is 0. The molecule has 66 valence electrons. The quantitative estimate of drug-likeness (QED) is 0.804. The predicted octanol–water partition coefficient (Wildman–Crippen LogP) is 3.51. The predicted molar refractivity (Wildman–Crippen MR) is 59.1 cm³/mol. The van der Waals surface area contributed by atoms with Crippen molar-refractivity contribution in [1.29, 1.82) is 0 Å². The molecule has 0 fully saturated rings. The molecule has 0 saturated heterocycles. The number of benzene rings is 1. The molecule has 1 N–H and O–H groups in total. The van der Waals surface area contributed by atoms with E-state index in [9.17, 15) is 4.79 Å². The fourth-order valence-electron chi connectivity index (χ4n) is 1.31. The van der Waals surface area contributed by atoms with Crippen molar-refractivity contribution >= 4 is 49.0 Å². The highest BCUT2D eigenvalue weighted by Crippen LogP contribution is 2.30. The third-order valence-electron chi connectivity index (χ3n) is 1.88.